The van der Waals surface area contributed by atoms with Gasteiger partial charge in [-0.15, -0.1) is 11.6 Å². The van der Waals surface area contributed by atoms with Gasteiger partial charge in [-0.3, -0.25) is 4.79 Å². The lowest BCUT2D eigenvalue weighted by Crippen LogP contribution is -2.56. The zero-order valence-electron chi connectivity index (χ0n) is 9.46. The number of halogens is 2. The number of rotatable bonds is 3. The van der Waals surface area contributed by atoms with Crippen molar-refractivity contribution in [1.29, 1.82) is 0 Å². The van der Waals surface area contributed by atoms with Crippen LogP contribution >= 0.6 is 34.2 Å². The highest BCUT2D eigenvalue weighted by atomic mass is 127. The van der Waals surface area contributed by atoms with Crippen molar-refractivity contribution in [3.8, 4) is 0 Å². The summed E-state index contributed by atoms with van der Waals surface area (Å²) in [6.45, 7) is 0. The van der Waals surface area contributed by atoms with Crippen LogP contribution in [0, 0.1) is 5.92 Å². The lowest BCUT2D eigenvalue weighted by Gasteiger charge is -2.46. The van der Waals surface area contributed by atoms with Gasteiger partial charge in [0.05, 0.1) is 0 Å². The molecule has 0 bridgehead atoms. The molecule has 2 aliphatic rings. The van der Waals surface area contributed by atoms with Gasteiger partial charge in [0.15, 0.2) is 5.78 Å². The topological polar surface area (TPSA) is 17.1 Å². The zero-order valence-corrected chi connectivity index (χ0v) is 12.4. The number of benzene rings is 1. The van der Waals surface area contributed by atoms with Crippen molar-refractivity contribution >= 4 is 40.0 Å². The van der Waals surface area contributed by atoms with Crippen LogP contribution in [0.3, 0.4) is 0 Å². The van der Waals surface area contributed by atoms with Crippen molar-refractivity contribution in [2.45, 2.75) is 30.1 Å². The molecule has 0 N–H and O–H groups in total. The SMILES string of the molecule is O=C1[C@@H]2Cc3ccccc3[C@@H]2[C@@]1(Cl)CCCI. The van der Waals surface area contributed by atoms with Crippen molar-refractivity contribution in [2.75, 3.05) is 4.43 Å². The minimum absolute atomic E-state index is 0.166. The Labute approximate surface area is 120 Å². The number of hydrogen-bond acceptors (Lipinski definition) is 1. The van der Waals surface area contributed by atoms with Gasteiger partial charge in [0.2, 0.25) is 0 Å². The molecule has 0 amide bonds. The molecular formula is C14H14ClIO. The Hall–Kier alpha value is -0.0900. The average molecular weight is 361 g/mol. The van der Waals surface area contributed by atoms with E-state index < -0.39 is 4.87 Å². The van der Waals surface area contributed by atoms with E-state index in [9.17, 15) is 4.79 Å². The molecule has 0 aliphatic heterocycles. The summed E-state index contributed by atoms with van der Waals surface area (Å²) < 4.78 is 1.07. The summed E-state index contributed by atoms with van der Waals surface area (Å²) in [5.41, 5.74) is 2.65. The number of carbonyl (C=O) groups excluding carboxylic acids is 1. The quantitative estimate of drug-likeness (QED) is 0.593. The van der Waals surface area contributed by atoms with E-state index in [1.165, 1.54) is 11.1 Å². The molecule has 1 fully saturated rings. The van der Waals surface area contributed by atoms with Gasteiger partial charge in [-0.25, -0.2) is 0 Å². The van der Waals surface area contributed by atoms with Crippen LogP contribution in [0.15, 0.2) is 24.3 Å². The number of Topliss-reactive ketones (excluding diaryl/α,β-unsaturated/α-hetero) is 1. The Kier molecular flexibility index (Phi) is 2.98. The van der Waals surface area contributed by atoms with E-state index in [0.29, 0.717) is 0 Å². The Balaban J connectivity index is 1.93. The van der Waals surface area contributed by atoms with E-state index in [-0.39, 0.29) is 17.6 Å². The first-order valence-electron chi connectivity index (χ1n) is 6.05. The van der Waals surface area contributed by atoms with Crippen molar-refractivity contribution in [2.24, 2.45) is 5.92 Å². The van der Waals surface area contributed by atoms with Gasteiger partial charge < -0.3 is 0 Å². The molecule has 2 aliphatic carbocycles. The van der Waals surface area contributed by atoms with Crippen molar-refractivity contribution < 1.29 is 4.79 Å². The average Bonchev–Trinajstić information content (AvgIpc) is 2.72. The summed E-state index contributed by atoms with van der Waals surface area (Å²) in [7, 11) is 0. The fourth-order valence-corrected chi connectivity index (χ4v) is 4.30. The summed E-state index contributed by atoms with van der Waals surface area (Å²) in [6, 6.07) is 8.39. The van der Waals surface area contributed by atoms with Crippen molar-refractivity contribution in [3.05, 3.63) is 35.4 Å². The highest BCUT2D eigenvalue weighted by molar-refractivity contribution is 14.1. The van der Waals surface area contributed by atoms with Gasteiger partial charge in [-0.1, -0.05) is 46.9 Å². The van der Waals surface area contributed by atoms with Crippen LogP contribution in [0.25, 0.3) is 0 Å². The molecule has 1 aromatic rings. The summed E-state index contributed by atoms with van der Waals surface area (Å²) in [5, 5.41) is 0. The number of hydrogen-bond donors (Lipinski definition) is 0. The molecule has 0 spiro atoms. The second-order valence-electron chi connectivity index (χ2n) is 5.01. The maximum absolute atomic E-state index is 12.2. The molecule has 17 heavy (non-hydrogen) atoms. The fraction of sp³-hybridized carbons (Fsp3) is 0.500. The molecule has 1 saturated carbocycles. The summed E-state index contributed by atoms with van der Waals surface area (Å²) in [5.74, 6) is 0.722. The molecule has 0 saturated heterocycles. The van der Waals surface area contributed by atoms with Crippen LogP contribution < -0.4 is 0 Å². The first-order valence-corrected chi connectivity index (χ1v) is 7.96. The van der Waals surface area contributed by atoms with E-state index >= 15 is 0 Å². The lowest BCUT2D eigenvalue weighted by molar-refractivity contribution is -0.135. The molecule has 90 valence electrons. The minimum Gasteiger partial charge on any atom is -0.297 e. The second kappa shape index (κ2) is 4.23. The molecule has 3 heteroatoms. The molecular weight excluding hydrogens is 347 g/mol. The third-order valence-electron chi connectivity index (χ3n) is 4.15. The summed E-state index contributed by atoms with van der Waals surface area (Å²) in [6.07, 6.45) is 2.76. The van der Waals surface area contributed by atoms with Crippen LogP contribution in [-0.4, -0.2) is 15.1 Å². The van der Waals surface area contributed by atoms with E-state index in [1.807, 2.05) is 0 Å². The number of alkyl halides is 2. The molecule has 3 atom stereocenters. The Bertz CT molecular complexity index is 473. The Morgan fingerprint density at radius 3 is 2.94 bits per heavy atom. The van der Waals surface area contributed by atoms with Gasteiger partial charge in [0, 0.05) is 11.8 Å². The van der Waals surface area contributed by atoms with E-state index in [1.54, 1.807) is 0 Å². The molecule has 0 radical (unpaired) electrons. The van der Waals surface area contributed by atoms with Crippen molar-refractivity contribution in [3.63, 3.8) is 0 Å². The number of ketones is 1. The molecule has 1 nitrogen and oxygen atoms in total. The van der Waals surface area contributed by atoms with Gasteiger partial charge >= 0.3 is 0 Å². The lowest BCUT2D eigenvalue weighted by atomic mass is 9.61. The predicted molar refractivity (Wildman–Crippen MR) is 78.1 cm³/mol. The zero-order chi connectivity index (χ0) is 12.0. The van der Waals surface area contributed by atoms with Crippen LogP contribution in [0.2, 0.25) is 0 Å². The van der Waals surface area contributed by atoms with Gasteiger partial charge in [-0.05, 0) is 34.8 Å². The normalized spacial score (nSPS) is 34.1. The van der Waals surface area contributed by atoms with Crippen LogP contribution in [-0.2, 0) is 11.2 Å². The van der Waals surface area contributed by atoms with Gasteiger partial charge in [0.1, 0.15) is 4.87 Å². The smallest absolute Gasteiger partial charge is 0.158 e. The second-order valence-corrected chi connectivity index (χ2v) is 6.76. The Morgan fingerprint density at radius 1 is 1.41 bits per heavy atom. The molecule has 1 aromatic carbocycles. The summed E-state index contributed by atoms with van der Waals surface area (Å²) in [4.78, 5) is 11.6. The van der Waals surface area contributed by atoms with Gasteiger partial charge in [-0.2, -0.15) is 0 Å². The van der Waals surface area contributed by atoms with Crippen LogP contribution in [0.4, 0.5) is 0 Å². The highest BCUT2D eigenvalue weighted by Gasteiger charge is 2.63. The molecule has 0 aromatic heterocycles. The maximum atomic E-state index is 12.2. The third-order valence-corrected chi connectivity index (χ3v) is 5.52. The standard InChI is InChI=1S/C14H14ClIO/c15-14(6-3-7-16)12-10-5-2-1-4-9(10)8-11(12)13(14)17/h1-2,4-5,11-12H,3,6-8H2/t11-,12+,14+/m1/s1. The monoisotopic (exact) mass is 360 g/mol. The van der Waals surface area contributed by atoms with Crippen LogP contribution in [0.1, 0.15) is 29.9 Å². The van der Waals surface area contributed by atoms with E-state index in [2.05, 4.69) is 46.9 Å². The highest BCUT2D eigenvalue weighted by Crippen LogP contribution is 2.59. The van der Waals surface area contributed by atoms with Gasteiger partial charge in [0.25, 0.3) is 0 Å². The van der Waals surface area contributed by atoms with Crippen LogP contribution in [0.5, 0.6) is 0 Å². The number of fused-ring (bicyclic) bond motifs is 3. The summed E-state index contributed by atoms with van der Waals surface area (Å²) >= 11 is 8.96. The fourth-order valence-electron chi connectivity index (χ4n) is 3.37. The Morgan fingerprint density at radius 2 is 2.18 bits per heavy atom. The largest absolute Gasteiger partial charge is 0.297 e. The van der Waals surface area contributed by atoms with E-state index in [4.69, 9.17) is 11.6 Å². The maximum Gasteiger partial charge on any atom is 0.158 e. The van der Waals surface area contributed by atoms with E-state index in [0.717, 1.165) is 23.7 Å². The third kappa shape index (κ3) is 1.60. The molecule has 0 unspecified atom stereocenters. The number of carbonyl (C=O) groups is 1. The molecule has 0 heterocycles. The molecule has 3 rings (SSSR count). The first-order chi connectivity index (χ1) is 8.18. The minimum atomic E-state index is -0.595. The van der Waals surface area contributed by atoms with Crippen molar-refractivity contribution in [1.82, 2.24) is 0 Å². The first kappa shape index (κ1) is 12.0. The predicted octanol–water partition coefficient (Wildman–Crippen LogP) is 3.72.